The molecule has 0 saturated carbocycles. The molecule has 2 rings (SSSR count). The molecule has 2 saturated heterocycles. The molecule has 2 fully saturated rings. The molecular formula is C15H28O4. The molecule has 0 aromatic rings. The Morgan fingerprint density at radius 2 is 1.68 bits per heavy atom. The molecule has 2 aliphatic heterocycles. The van der Waals surface area contributed by atoms with E-state index >= 15 is 0 Å². The molecule has 4 nitrogen and oxygen atoms in total. The van der Waals surface area contributed by atoms with Crippen molar-refractivity contribution in [3.05, 3.63) is 0 Å². The van der Waals surface area contributed by atoms with Crippen molar-refractivity contribution < 1.29 is 18.9 Å². The Hall–Kier alpha value is -0.160. The summed E-state index contributed by atoms with van der Waals surface area (Å²) < 4.78 is 21.9. The van der Waals surface area contributed by atoms with Gasteiger partial charge in [0.15, 0.2) is 5.79 Å². The number of hydrogen-bond donors (Lipinski definition) is 0. The van der Waals surface area contributed by atoms with E-state index in [1.165, 1.54) is 25.7 Å². The maximum absolute atomic E-state index is 5.66. The van der Waals surface area contributed by atoms with Crippen molar-refractivity contribution in [1.82, 2.24) is 0 Å². The van der Waals surface area contributed by atoms with Crippen molar-refractivity contribution in [3.63, 3.8) is 0 Å². The fourth-order valence-corrected chi connectivity index (χ4v) is 2.26. The van der Waals surface area contributed by atoms with E-state index in [2.05, 4.69) is 0 Å². The highest BCUT2D eigenvalue weighted by atomic mass is 16.7. The highest BCUT2D eigenvalue weighted by molar-refractivity contribution is 4.68. The van der Waals surface area contributed by atoms with E-state index in [0.717, 1.165) is 39.5 Å². The summed E-state index contributed by atoms with van der Waals surface area (Å²) in [6.45, 7) is 8.21. The summed E-state index contributed by atoms with van der Waals surface area (Å²) >= 11 is 0. The van der Waals surface area contributed by atoms with Gasteiger partial charge in [-0.1, -0.05) is 19.3 Å². The summed E-state index contributed by atoms with van der Waals surface area (Å²) in [5.74, 6) is 0.204. The minimum Gasteiger partial charge on any atom is -0.379 e. The van der Waals surface area contributed by atoms with Crippen molar-refractivity contribution >= 4 is 0 Å². The molecule has 0 aromatic heterocycles. The first kappa shape index (κ1) is 15.2. The van der Waals surface area contributed by atoms with Gasteiger partial charge < -0.3 is 18.9 Å². The van der Waals surface area contributed by atoms with Crippen LogP contribution >= 0.6 is 0 Å². The summed E-state index contributed by atoms with van der Waals surface area (Å²) in [5, 5.41) is 0. The van der Waals surface area contributed by atoms with Crippen LogP contribution in [0.5, 0.6) is 0 Å². The van der Waals surface area contributed by atoms with Crippen molar-refractivity contribution in [3.8, 4) is 0 Å². The fraction of sp³-hybridized carbons (Fsp3) is 1.00. The van der Waals surface area contributed by atoms with E-state index in [0.29, 0.717) is 12.0 Å². The van der Waals surface area contributed by atoms with Crippen LogP contribution < -0.4 is 0 Å². The maximum Gasteiger partial charge on any atom is 0.162 e. The van der Waals surface area contributed by atoms with Crippen LogP contribution in [0.3, 0.4) is 0 Å². The van der Waals surface area contributed by atoms with E-state index in [1.54, 1.807) is 0 Å². The third-order valence-electron chi connectivity index (χ3n) is 3.69. The van der Waals surface area contributed by atoms with Gasteiger partial charge in [0.25, 0.3) is 0 Å². The smallest absolute Gasteiger partial charge is 0.162 e. The number of ether oxygens (including phenoxy) is 4. The number of rotatable bonds is 9. The van der Waals surface area contributed by atoms with Crippen molar-refractivity contribution in [2.75, 3.05) is 33.0 Å². The first-order chi connectivity index (χ1) is 9.16. The predicted octanol–water partition coefficient (Wildman–Crippen LogP) is 2.75. The van der Waals surface area contributed by atoms with E-state index in [-0.39, 0.29) is 5.79 Å². The zero-order valence-corrected chi connectivity index (χ0v) is 12.4. The quantitative estimate of drug-likeness (QED) is 0.478. The summed E-state index contributed by atoms with van der Waals surface area (Å²) in [6, 6.07) is 0. The molecule has 0 aliphatic carbocycles. The van der Waals surface area contributed by atoms with Gasteiger partial charge in [0.2, 0.25) is 0 Å². The molecule has 0 N–H and O–H groups in total. The lowest BCUT2D eigenvalue weighted by atomic mass is 10.0. The van der Waals surface area contributed by atoms with Crippen LogP contribution in [0.2, 0.25) is 0 Å². The zero-order chi connectivity index (χ0) is 13.6. The molecule has 0 bridgehead atoms. The van der Waals surface area contributed by atoms with Gasteiger partial charge in [-0.3, -0.25) is 0 Å². The van der Waals surface area contributed by atoms with Gasteiger partial charge in [-0.2, -0.15) is 0 Å². The third-order valence-corrected chi connectivity index (χ3v) is 3.69. The molecule has 0 radical (unpaired) electrons. The van der Waals surface area contributed by atoms with E-state index in [4.69, 9.17) is 18.9 Å². The van der Waals surface area contributed by atoms with Gasteiger partial charge in [-0.15, -0.1) is 0 Å². The first-order valence-electron chi connectivity index (χ1n) is 7.63. The minimum absolute atomic E-state index is 0.376. The highest BCUT2D eigenvalue weighted by Gasteiger charge is 2.27. The maximum atomic E-state index is 5.66. The zero-order valence-electron chi connectivity index (χ0n) is 12.4. The molecule has 0 spiro atoms. The summed E-state index contributed by atoms with van der Waals surface area (Å²) in [6.07, 6.45) is 6.58. The van der Waals surface area contributed by atoms with Crippen LogP contribution in [0.25, 0.3) is 0 Å². The number of hydrogen-bond acceptors (Lipinski definition) is 4. The molecule has 0 amide bonds. The van der Waals surface area contributed by atoms with Crippen LogP contribution in [0, 0.1) is 5.92 Å². The Labute approximate surface area is 116 Å². The summed E-state index contributed by atoms with van der Waals surface area (Å²) in [5.41, 5.74) is 0. The third kappa shape index (κ3) is 6.70. The average molecular weight is 272 g/mol. The van der Waals surface area contributed by atoms with Crippen LogP contribution in [0.1, 0.15) is 46.0 Å². The van der Waals surface area contributed by atoms with Crippen LogP contribution in [-0.2, 0) is 18.9 Å². The molecule has 4 heteroatoms. The Morgan fingerprint density at radius 3 is 2.37 bits per heavy atom. The van der Waals surface area contributed by atoms with Crippen molar-refractivity contribution in [2.45, 2.75) is 57.8 Å². The molecule has 0 aromatic carbocycles. The Bertz CT molecular complexity index is 241. The normalized spacial score (nSPS) is 26.5. The van der Waals surface area contributed by atoms with Crippen LogP contribution in [-0.4, -0.2) is 44.9 Å². The molecular weight excluding hydrogens is 244 g/mol. The van der Waals surface area contributed by atoms with Crippen molar-refractivity contribution in [2.24, 2.45) is 5.92 Å². The van der Waals surface area contributed by atoms with Gasteiger partial charge in [-0.05, 0) is 26.7 Å². The molecule has 2 heterocycles. The second-order valence-electron chi connectivity index (χ2n) is 6.12. The minimum atomic E-state index is -0.376. The van der Waals surface area contributed by atoms with Crippen molar-refractivity contribution in [1.29, 1.82) is 0 Å². The molecule has 2 aliphatic rings. The van der Waals surface area contributed by atoms with E-state index in [9.17, 15) is 0 Å². The Balaban J connectivity index is 1.35. The van der Waals surface area contributed by atoms with E-state index in [1.807, 2.05) is 13.8 Å². The predicted molar refractivity (Wildman–Crippen MR) is 73.1 cm³/mol. The molecule has 1 atom stereocenters. The largest absolute Gasteiger partial charge is 0.379 e. The summed E-state index contributed by atoms with van der Waals surface area (Å²) in [4.78, 5) is 0. The fourth-order valence-electron chi connectivity index (χ4n) is 2.26. The van der Waals surface area contributed by atoms with Gasteiger partial charge in [0.05, 0.1) is 26.4 Å². The second-order valence-corrected chi connectivity index (χ2v) is 6.12. The van der Waals surface area contributed by atoms with Crippen LogP contribution in [0.15, 0.2) is 0 Å². The van der Waals surface area contributed by atoms with Gasteiger partial charge in [0.1, 0.15) is 6.10 Å². The molecule has 1 unspecified atom stereocenters. The lowest BCUT2D eigenvalue weighted by Crippen LogP contribution is -2.39. The van der Waals surface area contributed by atoms with Crippen LogP contribution in [0.4, 0.5) is 0 Å². The Kier molecular flexibility index (Phi) is 6.07. The first-order valence-corrected chi connectivity index (χ1v) is 7.63. The highest BCUT2D eigenvalue weighted by Crippen LogP contribution is 2.23. The standard InChI is InChI=1S/C15H28O4/c1-15(2)18-9-13(10-19-15)7-5-3-4-6-8-16-11-14-12-17-14/h13-14H,3-12H2,1-2H3. The number of unbranched alkanes of at least 4 members (excludes halogenated alkanes) is 3. The lowest BCUT2D eigenvalue weighted by molar-refractivity contribution is -0.262. The SMILES string of the molecule is CC1(C)OCC(CCCCCCOCC2CO2)CO1. The molecule has 112 valence electrons. The van der Waals surface area contributed by atoms with Gasteiger partial charge >= 0.3 is 0 Å². The lowest BCUT2D eigenvalue weighted by Gasteiger charge is -2.35. The summed E-state index contributed by atoms with van der Waals surface area (Å²) in [7, 11) is 0. The number of epoxide rings is 1. The monoisotopic (exact) mass is 272 g/mol. The van der Waals surface area contributed by atoms with Gasteiger partial charge in [-0.25, -0.2) is 0 Å². The Morgan fingerprint density at radius 1 is 1.00 bits per heavy atom. The second kappa shape index (κ2) is 7.58. The molecule has 19 heavy (non-hydrogen) atoms. The van der Waals surface area contributed by atoms with Gasteiger partial charge in [0, 0.05) is 12.5 Å². The average Bonchev–Trinajstić information content (AvgIpc) is 3.18. The topological polar surface area (TPSA) is 40.2 Å². The van der Waals surface area contributed by atoms with E-state index < -0.39 is 0 Å².